The highest BCUT2D eigenvalue weighted by Crippen LogP contribution is 2.35. The number of urea groups is 1. The molecule has 1 aliphatic heterocycles. The number of rotatable bonds is 13. The number of esters is 1. The van der Waals surface area contributed by atoms with Gasteiger partial charge in [0.1, 0.15) is 6.61 Å². The third-order valence-electron chi connectivity index (χ3n) is 5.72. The number of hydrogen-bond donors (Lipinski definition) is 4. The minimum absolute atomic E-state index is 0.0767. The Balaban J connectivity index is 1.73. The molecule has 1 aliphatic rings. The molecular weight excluding hydrogens is 647 g/mol. The molecule has 0 saturated carbocycles. The number of carbonyl (C=O) groups excluding carboxylic acids is 2. The third kappa shape index (κ3) is 8.39. The van der Waals surface area contributed by atoms with Gasteiger partial charge < -0.3 is 39.4 Å². The van der Waals surface area contributed by atoms with Crippen molar-refractivity contribution in [2.75, 3.05) is 27.4 Å². The molecule has 41 heavy (non-hydrogen) atoms. The van der Waals surface area contributed by atoms with Crippen molar-refractivity contribution in [2.45, 2.75) is 46.1 Å². The van der Waals surface area contributed by atoms with Crippen molar-refractivity contribution in [3.63, 3.8) is 0 Å². The highest BCUT2D eigenvalue weighted by molar-refractivity contribution is 14.1. The summed E-state index contributed by atoms with van der Waals surface area (Å²) in [5.74, 6) is 1.29. The van der Waals surface area contributed by atoms with Gasteiger partial charge in [0, 0.05) is 14.8 Å². The van der Waals surface area contributed by atoms with Gasteiger partial charge in [0.05, 0.1) is 44.8 Å². The molecule has 0 aliphatic carbocycles. The molecule has 2 amide bonds. The Morgan fingerprint density at radius 1 is 1.17 bits per heavy atom. The van der Waals surface area contributed by atoms with E-state index >= 15 is 0 Å². The Hall–Kier alpha value is -3.72. The maximum absolute atomic E-state index is 12.4. The van der Waals surface area contributed by atoms with Gasteiger partial charge in [0.15, 0.2) is 29.2 Å². The summed E-state index contributed by atoms with van der Waals surface area (Å²) in [5, 5.41) is 19.9. The van der Waals surface area contributed by atoms with Crippen LogP contribution in [0.5, 0.6) is 23.0 Å². The Kier molecular flexibility index (Phi) is 11.5. The van der Waals surface area contributed by atoms with Crippen LogP contribution in [0.25, 0.3) is 0 Å². The summed E-state index contributed by atoms with van der Waals surface area (Å²) >= 11 is 2.18. The van der Waals surface area contributed by atoms with Gasteiger partial charge in [-0.3, -0.25) is 5.43 Å². The van der Waals surface area contributed by atoms with Crippen LogP contribution >= 0.6 is 22.6 Å². The predicted octanol–water partition coefficient (Wildman–Crippen LogP) is 3.61. The van der Waals surface area contributed by atoms with Crippen LogP contribution in [0.2, 0.25) is 0 Å². The summed E-state index contributed by atoms with van der Waals surface area (Å²) in [4.78, 5) is 24.6. The first-order valence-electron chi connectivity index (χ1n) is 12.8. The maximum Gasteiger partial charge on any atom is 0.337 e. The van der Waals surface area contributed by atoms with Gasteiger partial charge in [0.25, 0.3) is 0 Å². The second-order valence-electron chi connectivity index (χ2n) is 9.11. The molecule has 0 spiro atoms. The van der Waals surface area contributed by atoms with Crippen LogP contribution in [0, 0.1) is 3.57 Å². The van der Waals surface area contributed by atoms with Gasteiger partial charge in [-0.25, -0.2) is 9.59 Å². The molecule has 4 N–H and O–H groups in total. The number of nitrogens with zero attached hydrogens (tertiary/aromatic N) is 1. The number of hydrogen-bond acceptors (Lipinski definition) is 10. The maximum atomic E-state index is 12.4. The van der Waals surface area contributed by atoms with Crippen molar-refractivity contribution in [1.29, 1.82) is 0 Å². The smallest absolute Gasteiger partial charge is 0.337 e. The van der Waals surface area contributed by atoms with Crippen molar-refractivity contribution in [2.24, 2.45) is 5.10 Å². The van der Waals surface area contributed by atoms with Gasteiger partial charge in [-0.2, -0.15) is 5.10 Å². The average Bonchev–Trinajstić information content (AvgIpc) is 2.92. The number of hydrazone groups is 1. The van der Waals surface area contributed by atoms with E-state index in [1.165, 1.54) is 13.3 Å². The zero-order valence-electron chi connectivity index (χ0n) is 23.7. The molecule has 1 heterocycles. The van der Waals surface area contributed by atoms with E-state index in [4.69, 9.17) is 23.7 Å². The highest BCUT2D eigenvalue weighted by Gasteiger charge is 2.32. The zero-order valence-corrected chi connectivity index (χ0v) is 25.9. The fraction of sp³-hybridized carbons (Fsp3) is 0.393. The number of nitrogens with one attached hydrogen (secondary N) is 3. The Labute approximate surface area is 252 Å². The van der Waals surface area contributed by atoms with Crippen LogP contribution in [0.1, 0.15) is 44.9 Å². The van der Waals surface area contributed by atoms with Gasteiger partial charge in [0.2, 0.25) is 0 Å². The lowest BCUT2D eigenvalue weighted by Gasteiger charge is -2.28. The second-order valence-corrected chi connectivity index (χ2v) is 10.4. The normalized spacial score (nSPS) is 15.7. The Morgan fingerprint density at radius 3 is 2.59 bits per heavy atom. The largest absolute Gasteiger partial charge is 0.493 e. The number of benzene rings is 2. The molecule has 0 radical (unpaired) electrons. The quantitative estimate of drug-likeness (QED) is 0.0818. The Bertz CT molecular complexity index is 1310. The first-order chi connectivity index (χ1) is 19.6. The van der Waals surface area contributed by atoms with Gasteiger partial charge in [-0.15, -0.1) is 0 Å². The van der Waals surface area contributed by atoms with E-state index in [0.717, 1.165) is 3.57 Å². The SMILES string of the molecule is CCOc1cc([C@H]2NC(=O)NC(C)=C2C(=O)OC)ccc1OC[C@H](O)N/N=C/c1cc(I)cc(OC)c1OC(C)C. The molecule has 0 aromatic heterocycles. The first-order valence-corrected chi connectivity index (χ1v) is 13.9. The summed E-state index contributed by atoms with van der Waals surface area (Å²) in [7, 11) is 2.85. The first kappa shape index (κ1) is 31.8. The second kappa shape index (κ2) is 14.8. The summed E-state index contributed by atoms with van der Waals surface area (Å²) in [5.41, 5.74) is 4.57. The highest BCUT2D eigenvalue weighted by atomic mass is 127. The molecule has 2 aromatic rings. The number of aliphatic hydroxyl groups is 1. The van der Waals surface area contributed by atoms with E-state index in [1.54, 1.807) is 32.2 Å². The summed E-state index contributed by atoms with van der Waals surface area (Å²) in [6.07, 6.45) is 0.306. The van der Waals surface area contributed by atoms with Crippen LogP contribution < -0.4 is 35.0 Å². The molecule has 12 nitrogen and oxygen atoms in total. The number of aliphatic hydroxyl groups excluding tert-OH is 1. The van der Waals surface area contributed by atoms with Crippen LogP contribution in [0.4, 0.5) is 4.79 Å². The topological polar surface area (TPSA) is 149 Å². The molecule has 2 aromatic carbocycles. The number of allylic oxidation sites excluding steroid dienone is 1. The van der Waals surface area contributed by atoms with Crippen molar-refractivity contribution >= 4 is 40.8 Å². The number of amides is 2. The molecule has 0 unspecified atom stereocenters. The van der Waals surface area contributed by atoms with E-state index in [1.807, 2.05) is 32.9 Å². The molecular formula is C28H35IN4O8. The van der Waals surface area contributed by atoms with Crippen molar-refractivity contribution in [3.05, 3.63) is 56.3 Å². The molecule has 0 fully saturated rings. The summed E-state index contributed by atoms with van der Waals surface area (Å²) in [6, 6.07) is 7.56. The van der Waals surface area contributed by atoms with Crippen LogP contribution in [-0.2, 0) is 9.53 Å². The molecule has 222 valence electrons. The average molecular weight is 683 g/mol. The minimum atomic E-state index is -1.15. The molecule has 13 heteroatoms. The molecule has 0 saturated heterocycles. The Morgan fingerprint density at radius 2 is 1.93 bits per heavy atom. The lowest BCUT2D eigenvalue weighted by Crippen LogP contribution is -2.45. The fourth-order valence-corrected chi connectivity index (χ4v) is 4.63. The predicted molar refractivity (Wildman–Crippen MR) is 160 cm³/mol. The van der Waals surface area contributed by atoms with E-state index in [-0.39, 0.29) is 18.3 Å². The minimum Gasteiger partial charge on any atom is -0.493 e. The molecule has 0 bridgehead atoms. The summed E-state index contributed by atoms with van der Waals surface area (Å²) < 4.78 is 28.8. The van der Waals surface area contributed by atoms with Gasteiger partial charge in [-0.05, 0) is 80.1 Å². The van der Waals surface area contributed by atoms with Crippen molar-refractivity contribution < 1.29 is 38.4 Å². The summed E-state index contributed by atoms with van der Waals surface area (Å²) in [6.45, 7) is 7.45. The van der Waals surface area contributed by atoms with E-state index in [2.05, 4.69) is 43.8 Å². The number of halogens is 1. The fourth-order valence-electron chi connectivity index (χ4n) is 4.01. The van der Waals surface area contributed by atoms with Gasteiger partial charge in [-0.1, -0.05) is 6.07 Å². The van der Waals surface area contributed by atoms with Crippen molar-refractivity contribution in [1.82, 2.24) is 16.1 Å². The van der Waals surface area contributed by atoms with Gasteiger partial charge >= 0.3 is 12.0 Å². The van der Waals surface area contributed by atoms with E-state index in [9.17, 15) is 14.7 Å². The van der Waals surface area contributed by atoms with Crippen LogP contribution in [-0.4, -0.2) is 63.1 Å². The zero-order chi connectivity index (χ0) is 30.1. The van der Waals surface area contributed by atoms with E-state index in [0.29, 0.717) is 46.4 Å². The molecule has 2 atom stereocenters. The van der Waals surface area contributed by atoms with Crippen molar-refractivity contribution in [3.8, 4) is 23.0 Å². The lowest BCUT2D eigenvalue weighted by molar-refractivity contribution is -0.136. The molecule has 3 rings (SSSR count). The number of ether oxygens (including phenoxy) is 5. The number of methoxy groups -OCH3 is 2. The monoisotopic (exact) mass is 682 g/mol. The number of carbonyl (C=O) groups is 2. The van der Waals surface area contributed by atoms with Crippen LogP contribution in [0.3, 0.4) is 0 Å². The van der Waals surface area contributed by atoms with E-state index < -0.39 is 24.3 Å². The standard InChI is InChI=1S/C28H35IN4O8/c1-7-39-21-11-17(25-24(27(35)38-6)16(4)31-28(36)32-25)8-9-20(21)40-14-23(34)33-30-13-18-10-19(29)12-22(37-5)26(18)41-15(2)3/h8-13,15,23,25,33-34H,7,14H2,1-6H3,(H2,31,32,36)/b30-13+/t23-,25+/m0/s1. The lowest BCUT2D eigenvalue weighted by atomic mass is 9.95. The third-order valence-corrected chi connectivity index (χ3v) is 6.34. The van der Waals surface area contributed by atoms with Crippen LogP contribution in [0.15, 0.2) is 46.7 Å².